The van der Waals surface area contributed by atoms with Crippen LogP contribution in [0.1, 0.15) is 26.1 Å². The molecule has 0 bridgehead atoms. The van der Waals surface area contributed by atoms with E-state index in [-0.39, 0.29) is 11.5 Å². The lowest BCUT2D eigenvalue weighted by Gasteiger charge is -2.12. The molecule has 1 aromatic carbocycles. The third-order valence-corrected chi connectivity index (χ3v) is 3.30. The van der Waals surface area contributed by atoms with Gasteiger partial charge in [0.25, 0.3) is 5.56 Å². The van der Waals surface area contributed by atoms with Crippen molar-refractivity contribution in [3.05, 3.63) is 40.4 Å². The Morgan fingerprint density at radius 3 is 2.76 bits per heavy atom. The Labute approximate surface area is 124 Å². The van der Waals surface area contributed by atoms with Gasteiger partial charge in [-0.25, -0.2) is 4.98 Å². The molecule has 0 aliphatic rings. The van der Waals surface area contributed by atoms with E-state index >= 15 is 0 Å². The van der Waals surface area contributed by atoms with Crippen molar-refractivity contribution in [3.8, 4) is 0 Å². The smallest absolute Gasteiger partial charge is 0.261 e. The summed E-state index contributed by atoms with van der Waals surface area (Å²) < 4.78 is 1.61. The van der Waals surface area contributed by atoms with E-state index < -0.39 is 0 Å². The number of para-hydroxylation sites is 1. The van der Waals surface area contributed by atoms with E-state index in [0.29, 0.717) is 42.2 Å². The van der Waals surface area contributed by atoms with Crippen LogP contribution in [0.25, 0.3) is 10.9 Å². The van der Waals surface area contributed by atoms with Gasteiger partial charge in [-0.1, -0.05) is 26.0 Å². The van der Waals surface area contributed by atoms with Crippen LogP contribution in [0.2, 0.25) is 0 Å². The summed E-state index contributed by atoms with van der Waals surface area (Å²) in [6, 6.07) is 7.30. The number of hydrogen-bond acceptors (Lipinski definition) is 3. The predicted octanol–water partition coefficient (Wildman–Crippen LogP) is 1.87. The highest BCUT2D eigenvalue weighted by Crippen LogP contribution is 2.07. The van der Waals surface area contributed by atoms with Crippen LogP contribution in [0.15, 0.2) is 29.1 Å². The van der Waals surface area contributed by atoms with Gasteiger partial charge in [-0.15, -0.1) is 0 Å². The molecule has 5 nitrogen and oxygen atoms in total. The van der Waals surface area contributed by atoms with E-state index in [9.17, 15) is 9.59 Å². The maximum atomic E-state index is 12.4. The first-order chi connectivity index (χ1) is 9.99. The zero-order valence-corrected chi connectivity index (χ0v) is 12.7. The van der Waals surface area contributed by atoms with Crippen molar-refractivity contribution in [2.45, 2.75) is 33.7 Å². The van der Waals surface area contributed by atoms with Gasteiger partial charge in [-0.3, -0.25) is 14.2 Å². The van der Waals surface area contributed by atoms with Gasteiger partial charge in [0, 0.05) is 19.5 Å². The minimum atomic E-state index is -0.0591. The number of carbonyl (C=O) groups excluding carboxylic acids is 1. The summed E-state index contributed by atoms with van der Waals surface area (Å²) in [5.41, 5.74) is 0.649. The molecule has 0 saturated heterocycles. The van der Waals surface area contributed by atoms with Crippen molar-refractivity contribution in [2.75, 3.05) is 6.54 Å². The van der Waals surface area contributed by atoms with Crippen molar-refractivity contribution >= 4 is 16.8 Å². The third kappa shape index (κ3) is 3.68. The first-order valence-corrected chi connectivity index (χ1v) is 7.22. The van der Waals surface area contributed by atoms with Gasteiger partial charge < -0.3 is 5.32 Å². The fourth-order valence-electron chi connectivity index (χ4n) is 2.29. The first-order valence-electron chi connectivity index (χ1n) is 7.22. The van der Waals surface area contributed by atoms with Gasteiger partial charge in [0.05, 0.1) is 10.9 Å². The highest BCUT2D eigenvalue weighted by atomic mass is 16.1. The summed E-state index contributed by atoms with van der Waals surface area (Å²) >= 11 is 0. The number of amides is 1. The molecule has 0 aliphatic heterocycles. The molecular weight excluding hydrogens is 266 g/mol. The SMILES string of the molecule is Cc1nc2ccccc2c(=O)n1CCNC(=O)CC(C)C. The van der Waals surface area contributed by atoms with Crippen molar-refractivity contribution in [3.63, 3.8) is 0 Å². The van der Waals surface area contributed by atoms with Gasteiger partial charge in [-0.05, 0) is 25.0 Å². The number of aromatic nitrogens is 2. The Morgan fingerprint density at radius 2 is 2.05 bits per heavy atom. The average Bonchev–Trinajstić information content (AvgIpc) is 2.41. The van der Waals surface area contributed by atoms with E-state index in [4.69, 9.17) is 0 Å². The maximum Gasteiger partial charge on any atom is 0.261 e. The largest absolute Gasteiger partial charge is 0.354 e. The summed E-state index contributed by atoms with van der Waals surface area (Å²) in [5.74, 6) is 1.01. The summed E-state index contributed by atoms with van der Waals surface area (Å²) in [5, 5.41) is 3.45. The highest BCUT2D eigenvalue weighted by molar-refractivity contribution is 5.77. The maximum absolute atomic E-state index is 12.4. The molecule has 21 heavy (non-hydrogen) atoms. The average molecular weight is 287 g/mol. The van der Waals surface area contributed by atoms with Gasteiger partial charge in [0.1, 0.15) is 5.82 Å². The number of rotatable bonds is 5. The van der Waals surface area contributed by atoms with Crippen molar-refractivity contribution in [1.29, 1.82) is 0 Å². The molecule has 1 aromatic heterocycles. The normalized spacial score (nSPS) is 11.0. The van der Waals surface area contributed by atoms with Gasteiger partial charge >= 0.3 is 0 Å². The Hall–Kier alpha value is -2.17. The second-order valence-electron chi connectivity index (χ2n) is 5.58. The predicted molar refractivity (Wildman–Crippen MR) is 83.2 cm³/mol. The van der Waals surface area contributed by atoms with E-state index in [2.05, 4.69) is 10.3 Å². The second-order valence-corrected chi connectivity index (χ2v) is 5.58. The van der Waals surface area contributed by atoms with Crippen molar-refractivity contribution < 1.29 is 4.79 Å². The van der Waals surface area contributed by atoms with Crippen molar-refractivity contribution in [2.24, 2.45) is 5.92 Å². The van der Waals surface area contributed by atoms with Crippen LogP contribution in [0, 0.1) is 12.8 Å². The lowest BCUT2D eigenvalue weighted by atomic mass is 10.1. The molecule has 1 N–H and O–H groups in total. The quantitative estimate of drug-likeness (QED) is 0.913. The monoisotopic (exact) mass is 287 g/mol. The first kappa shape index (κ1) is 15.2. The number of fused-ring (bicyclic) bond motifs is 1. The molecule has 1 amide bonds. The zero-order valence-electron chi connectivity index (χ0n) is 12.7. The number of hydrogen-bond donors (Lipinski definition) is 1. The molecule has 5 heteroatoms. The van der Waals surface area contributed by atoms with E-state index in [1.807, 2.05) is 39.0 Å². The van der Waals surface area contributed by atoms with Crippen LogP contribution in [0.4, 0.5) is 0 Å². The third-order valence-electron chi connectivity index (χ3n) is 3.30. The van der Waals surface area contributed by atoms with Gasteiger partial charge in [0.15, 0.2) is 0 Å². The van der Waals surface area contributed by atoms with Gasteiger partial charge in [-0.2, -0.15) is 0 Å². The Morgan fingerprint density at radius 1 is 1.33 bits per heavy atom. The Balaban J connectivity index is 2.12. The molecule has 112 valence electrons. The minimum Gasteiger partial charge on any atom is -0.354 e. The molecule has 0 spiro atoms. The second kappa shape index (κ2) is 6.52. The summed E-state index contributed by atoms with van der Waals surface area (Å²) in [6.07, 6.45) is 0.504. The van der Waals surface area contributed by atoms with E-state index in [1.165, 1.54) is 0 Å². The molecule has 0 fully saturated rings. The minimum absolute atomic E-state index is 0.0180. The fourth-order valence-corrected chi connectivity index (χ4v) is 2.29. The van der Waals surface area contributed by atoms with E-state index in [0.717, 1.165) is 0 Å². The molecule has 0 atom stereocenters. The highest BCUT2D eigenvalue weighted by Gasteiger charge is 2.08. The molecule has 0 aliphatic carbocycles. The lowest BCUT2D eigenvalue weighted by molar-refractivity contribution is -0.121. The Kier molecular flexibility index (Phi) is 4.73. The molecule has 2 rings (SSSR count). The summed E-state index contributed by atoms with van der Waals surface area (Å²) in [4.78, 5) is 28.5. The fraction of sp³-hybridized carbons (Fsp3) is 0.438. The molecule has 0 radical (unpaired) electrons. The molecule has 0 unspecified atom stereocenters. The van der Waals surface area contributed by atoms with Crippen LogP contribution in [0.5, 0.6) is 0 Å². The van der Waals surface area contributed by atoms with Crippen LogP contribution in [0.3, 0.4) is 0 Å². The summed E-state index contributed by atoms with van der Waals surface area (Å²) in [7, 11) is 0. The standard InChI is InChI=1S/C16H21N3O2/c1-11(2)10-15(20)17-8-9-19-12(3)18-14-7-5-4-6-13(14)16(19)21/h4-7,11H,8-10H2,1-3H3,(H,17,20). The molecule has 2 aromatic rings. The number of aryl methyl sites for hydroxylation is 1. The number of nitrogens with one attached hydrogen (secondary N) is 1. The van der Waals surface area contributed by atoms with Crippen LogP contribution < -0.4 is 10.9 Å². The zero-order chi connectivity index (χ0) is 15.4. The summed E-state index contributed by atoms with van der Waals surface area (Å²) in [6.45, 7) is 6.69. The molecule has 1 heterocycles. The topological polar surface area (TPSA) is 64.0 Å². The van der Waals surface area contributed by atoms with Crippen LogP contribution >= 0.6 is 0 Å². The molecule has 0 saturated carbocycles. The lowest BCUT2D eigenvalue weighted by Crippen LogP contribution is -2.32. The number of nitrogens with zero attached hydrogens (tertiary/aromatic N) is 2. The van der Waals surface area contributed by atoms with Crippen LogP contribution in [-0.2, 0) is 11.3 Å². The molecular formula is C16H21N3O2. The van der Waals surface area contributed by atoms with E-state index in [1.54, 1.807) is 10.6 Å². The number of benzene rings is 1. The van der Waals surface area contributed by atoms with Crippen LogP contribution in [-0.4, -0.2) is 22.0 Å². The van der Waals surface area contributed by atoms with Gasteiger partial charge in [0.2, 0.25) is 5.91 Å². The number of carbonyl (C=O) groups is 1. The van der Waals surface area contributed by atoms with Crippen molar-refractivity contribution in [1.82, 2.24) is 14.9 Å². The Bertz CT molecular complexity index is 704.